The number of rotatable bonds is 0. The second-order valence-electron chi connectivity index (χ2n) is 1.38. The number of hydroxylamine groups is 1. The van der Waals surface area contributed by atoms with Crippen molar-refractivity contribution in [2.45, 2.75) is 13.2 Å². The number of nitrogens with zero attached hydrogens (tertiary/aromatic N) is 1. The van der Waals surface area contributed by atoms with Gasteiger partial charge in [-0.2, -0.15) is 0 Å². The molecule has 0 spiro atoms. The van der Waals surface area contributed by atoms with E-state index in [1.807, 2.05) is 0 Å². The Labute approximate surface area is 45.9 Å². The number of carbonyl (C=O) groups is 1. The van der Waals surface area contributed by atoms with E-state index >= 15 is 0 Å². The average molecular weight is 118 g/mol. The Bertz CT molecular complexity index is 115. The van der Waals surface area contributed by atoms with Gasteiger partial charge >= 0.3 is 6.09 Å². The Morgan fingerprint density at radius 3 is 2.62 bits per heavy atom. The Morgan fingerprint density at radius 2 is 2.50 bits per heavy atom. The van der Waals surface area contributed by atoms with E-state index < -0.39 is 12.4 Å². The van der Waals surface area contributed by atoms with Gasteiger partial charge in [-0.1, -0.05) is 0 Å². The minimum Gasteiger partial charge on any atom is -0.415 e. The minimum atomic E-state index is -0.655. The standard InChI is InChI=1S/C3H6N2O3/c1-2-7-3(6)5(4)8-2/h2H,4H2,1H3. The summed E-state index contributed by atoms with van der Waals surface area (Å²) in [7, 11) is 0. The molecule has 0 aromatic heterocycles. The third-order valence-corrected chi connectivity index (χ3v) is 0.709. The SMILES string of the molecule is CC1OC(=O)N(N)O1. The van der Waals surface area contributed by atoms with Crippen molar-refractivity contribution in [2.24, 2.45) is 5.84 Å². The van der Waals surface area contributed by atoms with Crippen molar-refractivity contribution in [3.05, 3.63) is 0 Å². The molecule has 5 heteroatoms. The molecule has 0 aromatic rings. The van der Waals surface area contributed by atoms with Gasteiger partial charge in [-0.3, -0.25) is 0 Å². The number of hydrogen-bond donors (Lipinski definition) is 1. The maximum Gasteiger partial charge on any atom is 0.451 e. The fourth-order valence-electron chi connectivity index (χ4n) is 0.418. The molecule has 0 aromatic carbocycles. The van der Waals surface area contributed by atoms with Crippen LogP contribution in [0.5, 0.6) is 0 Å². The predicted octanol–water partition coefficient (Wildman–Crippen LogP) is -0.410. The highest BCUT2D eigenvalue weighted by atomic mass is 16.9. The van der Waals surface area contributed by atoms with Crippen molar-refractivity contribution in [3.8, 4) is 0 Å². The number of cyclic esters (lactones) is 1. The molecule has 1 unspecified atom stereocenters. The average Bonchev–Trinajstić information content (AvgIpc) is 1.85. The largest absolute Gasteiger partial charge is 0.451 e. The third-order valence-electron chi connectivity index (χ3n) is 0.709. The molecule has 1 saturated heterocycles. The lowest BCUT2D eigenvalue weighted by Crippen LogP contribution is -2.29. The Kier molecular flexibility index (Phi) is 1.07. The van der Waals surface area contributed by atoms with Crippen molar-refractivity contribution in [1.29, 1.82) is 0 Å². The van der Waals surface area contributed by atoms with Gasteiger partial charge in [0.15, 0.2) is 0 Å². The predicted molar refractivity (Wildman–Crippen MR) is 23.1 cm³/mol. The summed E-state index contributed by atoms with van der Waals surface area (Å²) in [6.45, 7) is 1.57. The van der Waals surface area contributed by atoms with Crippen molar-refractivity contribution in [3.63, 3.8) is 0 Å². The molecule has 0 aliphatic carbocycles. The van der Waals surface area contributed by atoms with Gasteiger partial charge in [0.05, 0.1) is 0 Å². The molecule has 0 bridgehead atoms. The van der Waals surface area contributed by atoms with Gasteiger partial charge < -0.3 is 4.74 Å². The van der Waals surface area contributed by atoms with E-state index in [-0.39, 0.29) is 0 Å². The van der Waals surface area contributed by atoms with E-state index in [2.05, 4.69) is 9.57 Å². The maximum absolute atomic E-state index is 10.2. The Balaban J connectivity index is 2.51. The van der Waals surface area contributed by atoms with Crippen LogP contribution in [0.1, 0.15) is 6.92 Å². The lowest BCUT2D eigenvalue weighted by molar-refractivity contribution is -0.149. The first-order valence-corrected chi connectivity index (χ1v) is 2.12. The highest BCUT2D eigenvalue weighted by Gasteiger charge is 2.26. The van der Waals surface area contributed by atoms with Gasteiger partial charge in [-0.25, -0.2) is 15.5 Å². The van der Waals surface area contributed by atoms with Gasteiger partial charge in [-0.15, -0.1) is 5.17 Å². The van der Waals surface area contributed by atoms with Crippen LogP contribution in [0.2, 0.25) is 0 Å². The summed E-state index contributed by atoms with van der Waals surface area (Å²) in [5.74, 6) is 4.91. The van der Waals surface area contributed by atoms with Crippen LogP contribution in [-0.4, -0.2) is 17.6 Å². The number of amides is 1. The normalized spacial score (nSPS) is 28.5. The molecule has 1 aliphatic rings. The topological polar surface area (TPSA) is 64.8 Å². The molecule has 1 rings (SSSR count). The monoisotopic (exact) mass is 118 g/mol. The van der Waals surface area contributed by atoms with Gasteiger partial charge in [0.2, 0.25) is 6.29 Å². The number of hydrogen-bond acceptors (Lipinski definition) is 4. The Morgan fingerprint density at radius 1 is 1.88 bits per heavy atom. The van der Waals surface area contributed by atoms with Crippen LogP contribution in [0, 0.1) is 0 Å². The second-order valence-corrected chi connectivity index (χ2v) is 1.38. The first-order chi connectivity index (χ1) is 3.70. The van der Waals surface area contributed by atoms with E-state index in [4.69, 9.17) is 5.84 Å². The van der Waals surface area contributed by atoms with E-state index in [9.17, 15) is 4.79 Å². The van der Waals surface area contributed by atoms with Crippen LogP contribution in [0.4, 0.5) is 4.79 Å². The maximum atomic E-state index is 10.2. The Hall–Kier alpha value is -0.810. The summed E-state index contributed by atoms with van der Waals surface area (Å²) in [6.07, 6.45) is -1.20. The summed E-state index contributed by atoms with van der Waals surface area (Å²) in [5.41, 5.74) is 0. The highest BCUT2D eigenvalue weighted by molar-refractivity contribution is 5.66. The van der Waals surface area contributed by atoms with E-state index in [0.717, 1.165) is 0 Å². The zero-order valence-corrected chi connectivity index (χ0v) is 4.33. The molecule has 8 heavy (non-hydrogen) atoms. The molecule has 0 radical (unpaired) electrons. The van der Waals surface area contributed by atoms with Gasteiger partial charge in [0.25, 0.3) is 0 Å². The summed E-state index contributed by atoms with van der Waals surface area (Å²) in [5, 5.41) is 0.560. The summed E-state index contributed by atoms with van der Waals surface area (Å²) < 4.78 is 4.41. The van der Waals surface area contributed by atoms with E-state index in [0.29, 0.717) is 5.17 Å². The van der Waals surface area contributed by atoms with Crippen molar-refractivity contribution in [1.82, 2.24) is 5.17 Å². The van der Waals surface area contributed by atoms with Crippen LogP contribution in [-0.2, 0) is 9.57 Å². The molecule has 1 atom stereocenters. The molecule has 5 nitrogen and oxygen atoms in total. The van der Waals surface area contributed by atoms with Crippen LogP contribution in [0.25, 0.3) is 0 Å². The summed E-state index contributed by atoms with van der Waals surface area (Å²) >= 11 is 0. The second kappa shape index (κ2) is 1.61. The molecule has 46 valence electrons. The summed E-state index contributed by atoms with van der Waals surface area (Å²) in [6, 6.07) is 0. The quantitative estimate of drug-likeness (QED) is 0.347. The molecule has 0 saturated carbocycles. The number of hydrazine groups is 1. The lowest BCUT2D eigenvalue weighted by atomic mass is 10.8. The first-order valence-electron chi connectivity index (χ1n) is 2.12. The molecular formula is C3H6N2O3. The fraction of sp³-hybridized carbons (Fsp3) is 0.667. The van der Waals surface area contributed by atoms with Crippen LogP contribution >= 0.6 is 0 Å². The molecule has 1 heterocycles. The molecule has 1 fully saturated rings. The highest BCUT2D eigenvalue weighted by Crippen LogP contribution is 2.06. The van der Waals surface area contributed by atoms with Crippen LogP contribution in [0.3, 0.4) is 0 Å². The lowest BCUT2D eigenvalue weighted by Gasteiger charge is -1.98. The van der Waals surface area contributed by atoms with Gasteiger partial charge in [-0.05, 0) is 0 Å². The first kappa shape index (κ1) is 5.33. The summed E-state index contributed by atoms with van der Waals surface area (Å²) in [4.78, 5) is 14.8. The zero-order chi connectivity index (χ0) is 6.15. The van der Waals surface area contributed by atoms with Crippen molar-refractivity contribution >= 4 is 6.09 Å². The third kappa shape index (κ3) is 0.728. The number of nitrogens with two attached hydrogens (primary N) is 1. The number of ether oxygens (including phenoxy) is 1. The van der Waals surface area contributed by atoms with Crippen LogP contribution in [0.15, 0.2) is 0 Å². The minimum absolute atomic E-state index is 0.549. The molecule has 2 N–H and O–H groups in total. The van der Waals surface area contributed by atoms with Gasteiger partial charge in [0.1, 0.15) is 0 Å². The van der Waals surface area contributed by atoms with Gasteiger partial charge in [0, 0.05) is 6.92 Å². The van der Waals surface area contributed by atoms with Crippen molar-refractivity contribution < 1.29 is 14.4 Å². The smallest absolute Gasteiger partial charge is 0.415 e. The molecule has 1 aliphatic heterocycles. The fourth-order valence-corrected chi connectivity index (χ4v) is 0.418. The van der Waals surface area contributed by atoms with E-state index in [1.165, 1.54) is 0 Å². The van der Waals surface area contributed by atoms with E-state index in [1.54, 1.807) is 6.92 Å². The van der Waals surface area contributed by atoms with Crippen molar-refractivity contribution in [2.75, 3.05) is 0 Å². The zero-order valence-electron chi connectivity index (χ0n) is 4.33. The van der Waals surface area contributed by atoms with Crippen LogP contribution < -0.4 is 5.84 Å². The molecular weight excluding hydrogens is 112 g/mol. The number of carbonyl (C=O) groups excluding carboxylic acids is 1. The molecule has 1 amide bonds.